The molecular formula is C17H29N3O12. The van der Waals surface area contributed by atoms with Crippen LogP contribution in [0.3, 0.4) is 0 Å². The molecule has 0 saturated carbocycles. The Balaban J connectivity index is 1.45. The summed E-state index contributed by atoms with van der Waals surface area (Å²) < 4.78 is 22.6. The van der Waals surface area contributed by atoms with Crippen molar-refractivity contribution in [1.82, 2.24) is 15.0 Å². The Morgan fingerprint density at radius 1 is 0.781 bits per heavy atom. The van der Waals surface area contributed by atoms with Crippen molar-refractivity contribution in [2.75, 3.05) is 19.8 Å². The van der Waals surface area contributed by atoms with Gasteiger partial charge in [-0.25, -0.2) is 4.68 Å². The summed E-state index contributed by atoms with van der Waals surface area (Å²) in [6.07, 6.45) is -12.3. The lowest BCUT2D eigenvalue weighted by Gasteiger charge is -2.39. The lowest BCUT2D eigenvalue weighted by atomic mass is 9.99. The van der Waals surface area contributed by atoms with E-state index < -0.39 is 74.6 Å². The van der Waals surface area contributed by atoms with Gasteiger partial charge in [0, 0.05) is 0 Å². The predicted molar refractivity (Wildman–Crippen MR) is 98.3 cm³/mol. The number of aliphatic hydroxyl groups excluding tert-OH is 8. The number of aliphatic hydroxyl groups is 8. The molecule has 0 amide bonds. The number of aromatic nitrogens is 3. The first-order valence-electron chi connectivity index (χ1n) is 10.00. The summed E-state index contributed by atoms with van der Waals surface area (Å²) in [6.45, 7) is -1.14. The van der Waals surface area contributed by atoms with Gasteiger partial charge in [0.25, 0.3) is 0 Å². The van der Waals surface area contributed by atoms with Gasteiger partial charge in [-0.15, -0.1) is 5.10 Å². The van der Waals surface area contributed by atoms with E-state index in [1.54, 1.807) is 0 Å². The molecule has 1 aromatic rings. The van der Waals surface area contributed by atoms with E-state index in [4.69, 9.17) is 18.9 Å². The highest BCUT2D eigenvalue weighted by Gasteiger charge is 2.45. The first-order chi connectivity index (χ1) is 15.3. The van der Waals surface area contributed by atoms with Crippen molar-refractivity contribution in [3.05, 3.63) is 11.9 Å². The number of hydrogen-bond acceptors (Lipinski definition) is 14. The molecule has 1 aromatic heterocycles. The fourth-order valence-corrected chi connectivity index (χ4v) is 3.35. The number of ether oxygens (including phenoxy) is 4. The molecule has 0 aliphatic carbocycles. The van der Waals surface area contributed by atoms with Crippen molar-refractivity contribution in [3.63, 3.8) is 0 Å². The molecule has 2 aliphatic heterocycles. The van der Waals surface area contributed by atoms with Crippen LogP contribution in [-0.4, -0.2) is 137 Å². The lowest BCUT2D eigenvalue weighted by Crippen LogP contribution is -2.59. The van der Waals surface area contributed by atoms with Gasteiger partial charge in [0.15, 0.2) is 12.6 Å². The molecule has 0 bridgehead atoms. The molecule has 2 saturated heterocycles. The molecule has 0 aromatic carbocycles. The van der Waals surface area contributed by atoms with Gasteiger partial charge < -0.3 is 59.8 Å². The van der Waals surface area contributed by atoms with Crippen molar-refractivity contribution >= 4 is 0 Å². The van der Waals surface area contributed by atoms with Gasteiger partial charge in [-0.05, 0) is 0 Å². The first-order valence-corrected chi connectivity index (χ1v) is 10.00. The Morgan fingerprint density at radius 3 is 1.84 bits per heavy atom. The average molecular weight is 467 g/mol. The van der Waals surface area contributed by atoms with Gasteiger partial charge in [-0.1, -0.05) is 5.21 Å². The van der Waals surface area contributed by atoms with Gasteiger partial charge in [0.2, 0.25) is 0 Å². The first kappa shape index (κ1) is 25.3. The molecule has 8 N–H and O–H groups in total. The monoisotopic (exact) mass is 467 g/mol. The predicted octanol–water partition coefficient (Wildman–Crippen LogP) is -5.59. The number of hydrogen-bond donors (Lipinski definition) is 8. The minimum atomic E-state index is -1.55. The molecule has 0 unspecified atom stereocenters. The van der Waals surface area contributed by atoms with Crippen LogP contribution in [0.1, 0.15) is 5.69 Å². The summed E-state index contributed by atoms with van der Waals surface area (Å²) in [5.74, 6) is 0. The van der Waals surface area contributed by atoms with E-state index in [1.165, 1.54) is 10.9 Å². The fourth-order valence-electron chi connectivity index (χ4n) is 3.35. The van der Waals surface area contributed by atoms with Crippen LogP contribution in [0, 0.1) is 0 Å². The third-order valence-corrected chi connectivity index (χ3v) is 5.28. The third kappa shape index (κ3) is 5.58. The van der Waals surface area contributed by atoms with E-state index >= 15 is 0 Å². The average Bonchev–Trinajstić information content (AvgIpc) is 3.24. The quantitative estimate of drug-likeness (QED) is 0.169. The topological polar surface area (TPSA) is 229 Å². The Hall–Kier alpha value is -1.34. The normalized spacial score (nSPS) is 40.5. The minimum absolute atomic E-state index is 0.0148. The summed E-state index contributed by atoms with van der Waals surface area (Å²) in [5, 5.41) is 85.0. The molecule has 3 rings (SSSR count). The summed E-state index contributed by atoms with van der Waals surface area (Å²) in [5.41, 5.74) is 0.342. The van der Waals surface area contributed by atoms with Gasteiger partial charge in [-0.3, -0.25) is 0 Å². The minimum Gasteiger partial charge on any atom is -0.394 e. The Bertz CT molecular complexity index is 706. The molecule has 0 spiro atoms. The van der Waals surface area contributed by atoms with E-state index in [0.29, 0.717) is 5.69 Å². The number of nitrogens with zero attached hydrogens (tertiary/aromatic N) is 3. The zero-order chi connectivity index (χ0) is 23.4. The summed E-state index contributed by atoms with van der Waals surface area (Å²) >= 11 is 0. The van der Waals surface area contributed by atoms with Gasteiger partial charge in [0.05, 0.1) is 39.2 Å². The molecule has 3 heterocycles. The molecule has 2 aliphatic rings. The van der Waals surface area contributed by atoms with E-state index in [0.717, 1.165) is 0 Å². The van der Waals surface area contributed by atoms with E-state index in [2.05, 4.69) is 10.3 Å². The summed E-state index contributed by atoms with van der Waals surface area (Å²) in [4.78, 5) is 0. The summed E-state index contributed by atoms with van der Waals surface area (Å²) in [6, 6.07) is 0. The van der Waals surface area contributed by atoms with Crippen molar-refractivity contribution in [2.45, 2.75) is 74.6 Å². The molecule has 10 atom stereocenters. The van der Waals surface area contributed by atoms with Crippen LogP contribution < -0.4 is 0 Å². The standard InChI is InChI=1S/C17H29N3O12/c21-4-8-10(23)12(25)14(27)16(31-8)29-2-1-20-3-7(18-19-20)6-30-17-15(28)13(26)11(24)9(5-22)32-17/h3,8-17,21-28H,1-2,4-6H2/t8-,9-,10-,11-,12+,13+,14+,15+,16-,17-/m1/s1. The van der Waals surface area contributed by atoms with E-state index in [-0.39, 0.29) is 19.8 Å². The largest absolute Gasteiger partial charge is 0.394 e. The van der Waals surface area contributed by atoms with Gasteiger partial charge >= 0.3 is 0 Å². The Labute approximate surface area is 181 Å². The van der Waals surface area contributed by atoms with Crippen LogP contribution in [0.2, 0.25) is 0 Å². The highest BCUT2D eigenvalue weighted by atomic mass is 16.7. The van der Waals surface area contributed by atoms with Crippen LogP contribution in [0.4, 0.5) is 0 Å². The second kappa shape index (κ2) is 11.2. The zero-order valence-corrected chi connectivity index (χ0v) is 16.9. The van der Waals surface area contributed by atoms with Crippen LogP contribution in [-0.2, 0) is 32.1 Å². The van der Waals surface area contributed by atoms with Crippen molar-refractivity contribution in [2.24, 2.45) is 0 Å². The molecule has 2 fully saturated rings. The SMILES string of the molecule is OC[C@H]1O[C@@H](OCCn2cc(CO[C@@H]3O[C@H](CO)[C@@H](O)[C@H](O)[C@@H]3O)nn2)[C@@H](O)[C@@H](O)[C@@H]1O. The highest BCUT2D eigenvalue weighted by molar-refractivity contribution is 4.92. The highest BCUT2D eigenvalue weighted by Crippen LogP contribution is 2.23. The van der Waals surface area contributed by atoms with Crippen LogP contribution in [0.15, 0.2) is 6.20 Å². The molecule has 184 valence electrons. The molecular weight excluding hydrogens is 438 g/mol. The fraction of sp³-hybridized carbons (Fsp3) is 0.882. The second-order valence-electron chi connectivity index (χ2n) is 7.55. The van der Waals surface area contributed by atoms with Crippen molar-refractivity contribution in [1.29, 1.82) is 0 Å². The molecule has 15 heteroatoms. The second-order valence-corrected chi connectivity index (χ2v) is 7.55. The Kier molecular flexibility index (Phi) is 8.84. The lowest BCUT2D eigenvalue weighted by molar-refractivity contribution is -0.304. The van der Waals surface area contributed by atoms with Crippen LogP contribution in [0.25, 0.3) is 0 Å². The molecule has 0 radical (unpaired) electrons. The van der Waals surface area contributed by atoms with Crippen LogP contribution >= 0.6 is 0 Å². The van der Waals surface area contributed by atoms with Gasteiger partial charge in [0.1, 0.15) is 54.5 Å². The maximum Gasteiger partial charge on any atom is 0.187 e. The number of rotatable bonds is 9. The zero-order valence-electron chi connectivity index (χ0n) is 16.9. The van der Waals surface area contributed by atoms with Crippen LogP contribution in [0.5, 0.6) is 0 Å². The maximum absolute atomic E-state index is 9.96. The maximum atomic E-state index is 9.96. The Morgan fingerprint density at radius 2 is 1.31 bits per heavy atom. The van der Waals surface area contributed by atoms with Gasteiger partial charge in [-0.2, -0.15) is 0 Å². The third-order valence-electron chi connectivity index (χ3n) is 5.28. The van der Waals surface area contributed by atoms with E-state index in [1.807, 2.05) is 0 Å². The smallest absolute Gasteiger partial charge is 0.187 e. The summed E-state index contributed by atoms with van der Waals surface area (Å²) in [7, 11) is 0. The molecule has 15 nitrogen and oxygen atoms in total. The van der Waals surface area contributed by atoms with Crippen molar-refractivity contribution in [3.8, 4) is 0 Å². The van der Waals surface area contributed by atoms with E-state index in [9.17, 15) is 40.9 Å². The van der Waals surface area contributed by atoms with Crippen molar-refractivity contribution < 1.29 is 59.8 Å². The molecule has 32 heavy (non-hydrogen) atoms.